The summed E-state index contributed by atoms with van der Waals surface area (Å²) in [4.78, 5) is 12.9. The molecule has 2 rings (SSSR count). The van der Waals surface area contributed by atoms with Crippen molar-refractivity contribution in [2.24, 2.45) is 0 Å². The van der Waals surface area contributed by atoms with E-state index in [1.165, 1.54) is 37.9 Å². The number of ether oxygens (including phenoxy) is 1. The van der Waals surface area contributed by atoms with Gasteiger partial charge in [-0.25, -0.2) is 4.79 Å². The number of rotatable bonds is 6. The summed E-state index contributed by atoms with van der Waals surface area (Å²) in [6.45, 7) is 3.27. The van der Waals surface area contributed by atoms with E-state index in [1.54, 1.807) is 0 Å². The van der Waals surface area contributed by atoms with E-state index in [-0.39, 0.29) is 6.61 Å². The lowest BCUT2D eigenvalue weighted by atomic mass is 10.1. The lowest BCUT2D eigenvalue weighted by Crippen LogP contribution is -2.31. The molecule has 0 spiro atoms. The fraction of sp³-hybridized carbons (Fsp3) is 0.533. The van der Waals surface area contributed by atoms with Gasteiger partial charge in [-0.15, -0.1) is 0 Å². The molecule has 1 aliphatic rings. The largest absolute Gasteiger partial charge is 0.482 e. The van der Waals surface area contributed by atoms with Crippen molar-refractivity contribution in [2.45, 2.75) is 25.7 Å². The molecule has 104 valence electrons. The Morgan fingerprint density at radius 2 is 1.84 bits per heavy atom. The van der Waals surface area contributed by atoms with Gasteiger partial charge in [-0.3, -0.25) is 0 Å². The molecule has 1 aromatic rings. The molecule has 0 aliphatic carbocycles. The van der Waals surface area contributed by atoms with Gasteiger partial charge in [-0.05, 0) is 50.0 Å². The van der Waals surface area contributed by atoms with Crippen molar-refractivity contribution in [3.05, 3.63) is 29.8 Å². The number of hydrogen-bond donors (Lipinski definition) is 1. The van der Waals surface area contributed by atoms with Crippen LogP contribution in [-0.2, 0) is 11.2 Å². The van der Waals surface area contributed by atoms with Crippen LogP contribution in [0, 0.1) is 0 Å². The van der Waals surface area contributed by atoms with Crippen molar-refractivity contribution in [3.63, 3.8) is 0 Å². The van der Waals surface area contributed by atoms with Gasteiger partial charge in [-0.2, -0.15) is 0 Å². The second-order valence-electron chi connectivity index (χ2n) is 4.98. The molecule has 4 heteroatoms. The van der Waals surface area contributed by atoms with E-state index in [0.29, 0.717) is 5.75 Å². The minimum absolute atomic E-state index is 0.285. The summed E-state index contributed by atoms with van der Waals surface area (Å²) in [6.07, 6.45) is 5.05. The molecule has 1 aliphatic heterocycles. The van der Waals surface area contributed by atoms with Crippen LogP contribution in [-0.4, -0.2) is 42.2 Å². The predicted octanol–water partition coefficient (Wildman–Crippen LogP) is 2.18. The summed E-state index contributed by atoms with van der Waals surface area (Å²) in [7, 11) is 0. The molecule has 0 saturated carbocycles. The minimum Gasteiger partial charge on any atom is -0.482 e. The van der Waals surface area contributed by atoms with Crippen molar-refractivity contribution >= 4 is 5.97 Å². The number of benzene rings is 1. The highest BCUT2D eigenvalue weighted by Gasteiger charge is 2.09. The predicted molar refractivity (Wildman–Crippen MR) is 73.6 cm³/mol. The fourth-order valence-corrected chi connectivity index (χ4v) is 2.37. The molecule has 1 fully saturated rings. The molecule has 1 aromatic carbocycles. The van der Waals surface area contributed by atoms with Crippen LogP contribution in [0.4, 0.5) is 0 Å². The van der Waals surface area contributed by atoms with Crippen molar-refractivity contribution in [1.82, 2.24) is 4.90 Å². The van der Waals surface area contributed by atoms with Gasteiger partial charge in [0.05, 0.1) is 0 Å². The Kier molecular flexibility index (Phi) is 5.21. The van der Waals surface area contributed by atoms with Gasteiger partial charge in [0.1, 0.15) is 5.75 Å². The smallest absolute Gasteiger partial charge is 0.341 e. The van der Waals surface area contributed by atoms with E-state index < -0.39 is 5.97 Å². The first-order valence-corrected chi connectivity index (χ1v) is 6.90. The van der Waals surface area contributed by atoms with Gasteiger partial charge in [0, 0.05) is 6.54 Å². The zero-order chi connectivity index (χ0) is 13.5. The molecule has 0 atom stereocenters. The van der Waals surface area contributed by atoms with Crippen molar-refractivity contribution < 1.29 is 14.6 Å². The quantitative estimate of drug-likeness (QED) is 0.854. The first kappa shape index (κ1) is 13.9. The molecule has 0 unspecified atom stereocenters. The lowest BCUT2D eigenvalue weighted by Gasteiger charge is -2.26. The van der Waals surface area contributed by atoms with Crippen LogP contribution in [0.3, 0.4) is 0 Å². The second-order valence-corrected chi connectivity index (χ2v) is 4.98. The maximum Gasteiger partial charge on any atom is 0.341 e. The SMILES string of the molecule is O=C(O)COc1ccc(CCN2CCCCC2)cc1. The summed E-state index contributed by atoms with van der Waals surface area (Å²) in [5.41, 5.74) is 1.27. The number of hydrogen-bond acceptors (Lipinski definition) is 3. The highest BCUT2D eigenvalue weighted by atomic mass is 16.5. The maximum absolute atomic E-state index is 10.4. The Bertz CT molecular complexity index is 396. The van der Waals surface area contributed by atoms with Crippen LogP contribution in [0.1, 0.15) is 24.8 Å². The van der Waals surface area contributed by atoms with Gasteiger partial charge in [0.25, 0.3) is 0 Å². The molecule has 1 N–H and O–H groups in total. The topological polar surface area (TPSA) is 49.8 Å². The van der Waals surface area contributed by atoms with Crippen LogP contribution in [0.15, 0.2) is 24.3 Å². The van der Waals surface area contributed by atoms with Gasteiger partial charge in [0.2, 0.25) is 0 Å². The zero-order valence-electron chi connectivity index (χ0n) is 11.2. The molecule has 4 nitrogen and oxygen atoms in total. The molecule has 19 heavy (non-hydrogen) atoms. The van der Waals surface area contributed by atoms with Crippen LogP contribution in [0.25, 0.3) is 0 Å². The van der Waals surface area contributed by atoms with E-state index >= 15 is 0 Å². The Balaban J connectivity index is 1.76. The summed E-state index contributed by atoms with van der Waals surface area (Å²) in [6, 6.07) is 7.71. The average molecular weight is 263 g/mol. The van der Waals surface area contributed by atoms with Crippen LogP contribution >= 0.6 is 0 Å². The second kappa shape index (κ2) is 7.14. The molecule has 0 radical (unpaired) electrons. The van der Waals surface area contributed by atoms with E-state index in [4.69, 9.17) is 9.84 Å². The fourth-order valence-electron chi connectivity index (χ4n) is 2.37. The monoisotopic (exact) mass is 263 g/mol. The first-order chi connectivity index (χ1) is 9.24. The van der Waals surface area contributed by atoms with E-state index in [9.17, 15) is 4.79 Å². The van der Waals surface area contributed by atoms with Crippen molar-refractivity contribution in [3.8, 4) is 5.75 Å². The van der Waals surface area contributed by atoms with Crippen LogP contribution < -0.4 is 4.74 Å². The molecule has 1 saturated heterocycles. The van der Waals surface area contributed by atoms with Gasteiger partial charge in [0.15, 0.2) is 6.61 Å². The van der Waals surface area contributed by atoms with E-state index in [0.717, 1.165) is 13.0 Å². The summed E-state index contributed by atoms with van der Waals surface area (Å²) >= 11 is 0. The number of aliphatic carboxylic acids is 1. The Morgan fingerprint density at radius 1 is 1.16 bits per heavy atom. The van der Waals surface area contributed by atoms with Crippen LogP contribution in [0.2, 0.25) is 0 Å². The van der Waals surface area contributed by atoms with Crippen LogP contribution in [0.5, 0.6) is 5.75 Å². The summed E-state index contributed by atoms with van der Waals surface area (Å²) < 4.78 is 5.11. The number of carboxylic acids is 1. The normalized spacial score (nSPS) is 16.2. The number of nitrogens with zero attached hydrogens (tertiary/aromatic N) is 1. The van der Waals surface area contributed by atoms with E-state index in [2.05, 4.69) is 4.90 Å². The highest BCUT2D eigenvalue weighted by molar-refractivity contribution is 5.68. The molecule has 1 heterocycles. The molecular weight excluding hydrogens is 242 g/mol. The van der Waals surface area contributed by atoms with Gasteiger partial charge >= 0.3 is 5.97 Å². The average Bonchev–Trinajstić information content (AvgIpc) is 2.45. The van der Waals surface area contributed by atoms with Gasteiger partial charge in [-0.1, -0.05) is 18.6 Å². The first-order valence-electron chi connectivity index (χ1n) is 6.90. The summed E-state index contributed by atoms with van der Waals surface area (Å²) in [5.74, 6) is -0.335. The third-order valence-corrected chi connectivity index (χ3v) is 3.45. The maximum atomic E-state index is 10.4. The number of piperidine rings is 1. The molecule has 0 amide bonds. The number of likely N-dealkylation sites (tertiary alicyclic amines) is 1. The zero-order valence-corrected chi connectivity index (χ0v) is 11.2. The Morgan fingerprint density at radius 3 is 2.47 bits per heavy atom. The number of carboxylic acid groups (broad SMARTS) is 1. The third kappa shape index (κ3) is 4.91. The number of carbonyl (C=O) groups is 1. The highest BCUT2D eigenvalue weighted by Crippen LogP contribution is 2.14. The molecule has 0 aromatic heterocycles. The Labute approximate surface area is 114 Å². The summed E-state index contributed by atoms with van der Waals surface area (Å²) in [5, 5.41) is 8.53. The lowest BCUT2D eigenvalue weighted by molar-refractivity contribution is -0.139. The molecular formula is C15H21NO3. The molecule has 0 bridgehead atoms. The van der Waals surface area contributed by atoms with Gasteiger partial charge < -0.3 is 14.7 Å². The van der Waals surface area contributed by atoms with Crippen molar-refractivity contribution in [2.75, 3.05) is 26.2 Å². The minimum atomic E-state index is -0.950. The Hall–Kier alpha value is -1.55. The van der Waals surface area contributed by atoms with E-state index in [1.807, 2.05) is 24.3 Å². The third-order valence-electron chi connectivity index (χ3n) is 3.45. The standard InChI is InChI=1S/C15H21NO3/c17-15(18)12-19-14-6-4-13(5-7-14)8-11-16-9-2-1-3-10-16/h4-7H,1-3,8-12H2,(H,17,18). The van der Waals surface area contributed by atoms with Crippen molar-refractivity contribution in [1.29, 1.82) is 0 Å².